The lowest BCUT2D eigenvalue weighted by Crippen LogP contribution is -2.04. The van der Waals surface area contributed by atoms with Gasteiger partial charge in [-0.1, -0.05) is 47.5 Å². The number of nitrogens with one attached hydrogen (secondary N) is 1. The third-order valence-corrected chi connectivity index (χ3v) is 4.34. The highest BCUT2D eigenvalue weighted by molar-refractivity contribution is 6.36. The first kappa shape index (κ1) is 14.5. The summed E-state index contributed by atoms with van der Waals surface area (Å²) >= 11 is 12.6. The smallest absolute Gasteiger partial charge is 0.0505 e. The normalized spacial score (nSPS) is 11.2. The molecule has 3 rings (SSSR count). The molecular weight excluding hydrogens is 303 g/mol. The molecule has 0 bridgehead atoms. The zero-order chi connectivity index (χ0) is 14.8. The molecule has 0 radical (unpaired) electrons. The van der Waals surface area contributed by atoms with E-state index in [-0.39, 0.29) is 0 Å². The van der Waals surface area contributed by atoms with Crippen LogP contribution in [-0.2, 0) is 13.1 Å². The Hall–Kier alpha value is -1.48. The van der Waals surface area contributed by atoms with E-state index in [2.05, 4.69) is 40.3 Å². The number of hydrogen-bond donors (Lipinski definition) is 1. The molecule has 0 saturated heterocycles. The van der Waals surface area contributed by atoms with Crippen LogP contribution in [0.4, 0.5) is 0 Å². The molecule has 0 atom stereocenters. The Bertz CT molecular complexity index is 757. The van der Waals surface area contributed by atoms with E-state index < -0.39 is 0 Å². The monoisotopic (exact) mass is 318 g/mol. The fourth-order valence-corrected chi connectivity index (χ4v) is 3.16. The molecule has 0 aliphatic rings. The predicted octanol–water partition coefficient (Wildman–Crippen LogP) is 4.72. The molecule has 108 valence electrons. The highest BCUT2D eigenvalue weighted by atomic mass is 35.5. The summed E-state index contributed by atoms with van der Waals surface area (Å²) in [6.07, 6.45) is 2.17. The van der Waals surface area contributed by atoms with Gasteiger partial charge in [0.25, 0.3) is 0 Å². The van der Waals surface area contributed by atoms with Crippen LogP contribution in [0.25, 0.3) is 10.9 Å². The van der Waals surface area contributed by atoms with E-state index >= 15 is 0 Å². The molecule has 0 saturated carbocycles. The van der Waals surface area contributed by atoms with Gasteiger partial charge in [0.2, 0.25) is 0 Å². The van der Waals surface area contributed by atoms with Crippen molar-refractivity contribution in [3.63, 3.8) is 0 Å². The second kappa shape index (κ2) is 6.10. The van der Waals surface area contributed by atoms with Crippen LogP contribution < -0.4 is 5.32 Å². The lowest BCUT2D eigenvalue weighted by Gasteiger charge is -2.09. The van der Waals surface area contributed by atoms with Crippen LogP contribution in [0.3, 0.4) is 0 Å². The first-order chi connectivity index (χ1) is 10.2. The fourth-order valence-electron chi connectivity index (χ4n) is 2.64. The van der Waals surface area contributed by atoms with Crippen molar-refractivity contribution in [2.45, 2.75) is 13.1 Å². The van der Waals surface area contributed by atoms with Crippen LogP contribution in [0, 0.1) is 0 Å². The largest absolute Gasteiger partial charge is 0.343 e. The SMILES string of the molecule is CNCc1cn(Cc2c(Cl)cccc2Cl)c2ccccc12. The van der Waals surface area contributed by atoms with E-state index in [9.17, 15) is 0 Å². The number of nitrogens with zero attached hydrogens (tertiary/aromatic N) is 1. The maximum atomic E-state index is 6.29. The van der Waals surface area contributed by atoms with E-state index in [1.54, 1.807) is 0 Å². The first-order valence-corrected chi connectivity index (χ1v) is 7.60. The van der Waals surface area contributed by atoms with Crippen molar-refractivity contribution in [3.05, 3.63) is 69.8 Å². The summed E-state index contributed by atoms with van der Waals surface area (Å²) in [4.78, 5) is 0. The summed E-state index contributed by atoms with van der Waals surface area (Å²) in [5.74, 6) is 0. The van der Waals surface area contributed by atoms with Gasteiger partial charge in [-0.25, -0.2) is 0 Å². The molecule has 0 aliphatic heterocycles. The van der Waals surface area contributed by atoms with Crippen molar-refractivity contribution in [2.75, 3.05) is 7.05 Å². The molecule has 0 fully saturated rings. The average Bonchev–Trinajstić information content (AvgIpc) is 2.82. The van der Waals surface area contributed by atoms with E-state index in [4.69, 9.17) is 23.2 Å². The van der Waals surface area contributed by atoms with Crippen LogP contribution in [-0.4, -0.2) is 11.6 Å². The summed E-state index contributed by atoms with van der Waals surface area (Å²) in [7, 11) is 1.96. The van der Waals surface area contributed by atoms with Gasteiger partial charge in [-0.3, -0.25) is 0 Å². The molecule has 0 amide bonds. The van der Waals surface area contributed by atoms with Gasteiger partial charge in [0.1, 0.15) is 0 Å². The Morgan fingerprint density at radius 2 is 1.71 bits per heavy atom. The summed E-state index contributed by atoms with van der Waals surface area (Å²) in [6.45, 7) is 1.51. The molecule has 1 aromatic heterocycles. The van der Waals surface area contributed by atoms with E-state index in [1.165, 1.54) is 16.5 Å². The second-order valence-electron chi connectivity index (χ2n) is 5.03. The number of hydrogen-bond acceptors (Lipinski definition) is 1. The zero-order valence-electron chi connectivity index (χ0n) is 11.7. The Balaban J connectivity index is 2.09. The third kappa shape index (κ3) is 2.80. The predicted molar refractivity (Wildman–Crippen MR) is 90.3 cm³/mol. The van der Waals surface area contributed by atoms with Crippen molar-refractivity contribution in [2.24, 2.45) is 0 Å². The molecule has 21 heavy (non-hydrogen) atoms. The van der Waals surface area contributed by atoms with Crippen molar-refractivity contribution < 1.29 is 0 Å². The molecule has 0 unspecified atom stereocenters. The van der Waals surface area contributed by atoms with Crippen molar-refractivity contribution in [1.29, 1.82) is 0 Å². The molecule has 0 aliphatic carbocycles. The summed E-state index contributed by atoms with van der Waals surface area (Å²) < 4.78 is 2.20. The lowest BCUT2D eigenvalue weighted by molar-refractivity contribution is 0.795. The maximum absolute atomic E-state index is 6.29. The topological polar surface area (TPSA) is 17.0 Å². The number of rotatable bonds is 4. The van der Waals surface area contributed by atoms with E-state index in [1.807, 2.05) is 25.2 Å². The van der Waals surface area contributed by atoms with Crippen LogP contribution in [0.2, 0.25) is 10.0 Å². The van der Waals surface area contributed by atoms with Gasteiger partial charge in [-0.05, 0) is 30.8 Å². The van der Waals surface area contributed by atoms with Crippen LogP contribution in [0.1, 0.15) is 11.1 Å². The average molecular weight is 319 g/mol. The minimum Gasteiger partial charge on any atom is -0.343 e. The molecule has 1 N–H and O–H groups in total. The van der Waals surface area contributed by atoms with E-state index in [0.717, 1.165) is 12.1 Å². The molecule has 3 aromatic rings. The zero-order valence-corrected chi connectivity index (χ0v) is 13.2. The Labute approximate surface area is 134 Å². The minimum absolute atomic E-state index is 0.669. The van der Waals surface area contributed by atoms with E-state index in [0.29, 0.717) is 16.6 Å². The van der Waals surface area contributed by atoms with Crippen molar-refractivity contribution in [1.82, 2.24) is 9.88 Å². The number of fused-ring (bicyclic) bond motifs is 1. The van der Waals surface area contributed by atoms with Crippen LogP contribution in [0.15, 0.2) is 48.7 Å². The molecule has 4 heteroatoms. The molecular formula is C17H16Cl2N2. The van der Waals surface area contributed by atoms with Gasteiger partial charge in [0.15, 0.2) is 0 Å². The molecule has 2 aromatic carbocycles. The van der Waals surface area contributed by atoms with Gasteiger partial charge in [0.05, 0.1) is 6.54 Å². The van der Waals surface area contributed by atoms with Crippen molar-refractivity contribution >= 4 is 34.1 Å². The number of halogens is 2. The number of para-hydroxylation sites is 1. The van der Waals surface area contributed by atoms with Gasteiger partial charge in [-0.2, -0.15) is 0 Å². The van der Waals surface area contributed by atoms with Gasteiger partial charge >= 0.3 is 0 Å². The highest BCUT2D eigenvalue weighted by Gasteiger charge is 2.11. The molecule has 0 spiro atoms. The Kier molecular flexibility index (Phi) is 4.20. The minimum atomic E-state index is 0.669. The van der Waals surface area contributed by atoms with Crippen LogP contribution in [0.5, 0.6) is 0 Å². The Morgan fingerprint density at radius 1 is 1.00 bits per heavy atom. The summed E-state index contributed by atoms with van der Waals surface area (Å²) in [5.41, 5.74) is 3.42. The van der Waals surface area contributed by atoms with Gasteiger partial charge in [-0.15, -0.1) is 0 Å². The van der Waals surface area contributed by atoms with Crippen LogP contribution >= 0.6 is 23.2 Å². The van der Waals surface area contributed by atoms with Gasteiger partial charge < -0.3 is 9.88 Å². The summed E-state index contributed by atoms with van der Waals surface area (Å²) in [5, 5.41) is 5.88. The second-order valence-corrected chi connectivity index (χ2v) is 5.84. The third-order valence-electron chi connectivity index (χ3n) is 3.63. The maximum Gasteiger partial charge on any atom is 0.0505 e. The fraction of sp³-hybridized carbons (Fsp3) is 0.176. The number of benzene rings is 2. The highest BCUT2D eigenvalue weighted by Crippen LogP contribution is 2.28. The molecule has 2 nitrogen and oxygen atoms in total. The van der Waals surface area contributed by atoms with Gasteiger partial charge in [0, 0.05) is 39.3 Å². The summed E-state index contributed by atoms with van der Waals surface area (Å²) in [6, 6.07) is 14.0. The van der Waals surface area contributed by atoms with Crippen molar-refractivity contribution in [3.8, 4) is 0 Å². The number of aromatic nitrogens is 1. The standard InChI is InChI=1S/C17H16Cl2N2/c1-20-9-12-10-21(17-8-3-2-5-13(12)17)11-14-15(18)6-4-7-16(14)19/h2-8,10,20H,9,11H2,1H3. The molecule has 1 heterocycles. The quantitative estimate of drug-likeness (QED) is 0.736. The Morgan fingerprint density at radius 3 is 2.43 bits per heavy atom. The lowest BCUT2D eigenvalue weighted by atomic mass is 10.2. The first-order valence-electron chi connectivity index (χ1n) is 6.85.